The summed E-state index contributed by atoms with van der Waals surface area (Å²) in [4.78, 5) is 12.2. The van der Waals surface area contributed by atoms with E-state index < -0.39 is 22.0 Å². The summed E-state index contributed by atoms with van der Waals surface area (Å²) in [5.74, 6) is -0.579. The summed E-state index contributed by atoms with van der Waals surface area (Å²) in [5, 5.41) is 0. The third-order valence-corrected chi connectivity index (χ3v) is 4.99. The molecule has 1 aromatic rings. The highest BCUT2D eigenvalue weighted by Gasteiger charge is 2.23. The maximum Gasteiger partial charge on any atom is 0.323 e. The number of ether oxygens (including phenoxy) is 1. The average molecular weight is 277 g/mol. The van der Waals surface area contributed by atoms with Crippen LogP contribution in [0.3, 0.4) is 0 Å². The Kier molecular flexibility index (Phi) is 4.67. The van der Waals surface area contributed by atoms with E-state index in [4.69, 9.17) is 4.74 Å². The number of hydrogen-bond donors (Lipinski definition) is 1. The van der Waals surface area contributed by atoms with Crippen LogP contribution in [0.5, 0.6) is 0 Å². The number of sulfonamides is 1. The van der Waals surface area contributed by atoms with Gasteiger partial charge in [0.1, 0.15) is 10.3 Å². The van der Waals surface area contributed by atoms with Gasteiger partial charge in [-0.25, -0.2) is 8.42 Å². The third kappa shape index (κ3) is 3.79. The molecule has 5 nitrogen and oxygen atoms in total. The van der Waals surface area contributed by atoms with Gasteiger partial charge in [0.2, 0.25) is 0 Å². The molecule has 0 saturated carbocycles. The van der Waals surface area contributed by atoms with Gasteiger partial charge in [-0.2, -0.15) is 4.72 Å². The first-order valence-corrected chi connectivity index (χ1v) is 7.42. The summed E-state index contributed by atoms with van der Waals surface area (Å²) < 4.78 is 30.9. The summed E-state index contributed by atoms with van der Waals surface area (Å²) >= 11 is 1.16. The maximum atomic E-state index is 11.9. The molecule has 0 aromatic carbocycles. The molecule has 0 aliphatic carbocycles. The minimum absolute atomic E-state index is 0.200. The molecule has 1 heterocycles. The first-order chi connectivity index (χ1) is 7.86. The van der Waals surface area contributed by atoms with Gasteiger partial charge < -0.3 is 4.74 Å². The molecule has 17 heavy (non-hydrogen) atoms. The van der Waals surface area contributed by atoms with E-state index in [0.29, 0.717) is 0 Å². The molecule has 1 unspecified atom stereocenters. The van der Waals surface area contributed by atoms with Gasteiger partial charge in [-0.3, -0.25) is 4.79 Å². The molecule has 0 saturated heterocycles. The van der Waals surface area contributed by atoms with Gasteiger partial charge in [-0.05, 0) is 32.9 Å². The summed E-state index contributed by atoms with van der Waals surface area (Å²) in [6, 6.07) is 2.34. The number of esters is 1. The highest BCUT2D eigenvalue weighted by molar-refractivity contribution is 7.91. The van der Waals surface area contributed by atoms with Crippen molar-refractivity contribution in [1.29, 1.82) is 0 Å². The first-order valence-electron chi connectivity index (χ1n) is 5.12. The number of nitrogens with one attached hydrogen (secondary N) is 1. The van der Waals surface area contributed by atoms with E-state index in [-0.39, 0.29) is 10.8 Å². The number of carbonyl (C=O) groups is 1. The molecule has 1 atom stereocenters. The van der Waals surface area contributed by atoms with Crippen molar-refractivity contribution in [2.45, 2.75) is 31.0 Å². The van der Waals surface area contributed by atoms with Crippen LogP contribution >= 0.6 is 11.3 Å². The zero-order chi connectivity index (χ0) is 13.1. The van der Waals surface area contributed by atoms with Crippen molar-refractivity contribution in [3.8, 4) is 0 Å². The lowest BCUT2D eigenvalue weighted by molar-refractivity contribution is -0.144. The summed E-state index contributed by atoms with van der Waals surface area (Å²) in [5.41, 5.74) is 0. The second-order valence-corrected chi connectivity index (χ2v) is 6.69. The fourth-order valence-electron chi connectivity index (χ4n) is 1.16. The molecule has 96 valence electrons. The zero-order valence-corrected chi connectivity index (χ0v) is 11.5. The van der Waals surface area contributed by atoms with Crippen LogP contribution in [-0.2, 0) is 19.6 Å². The molecule has 0 amide bonds. The number of thiophene rings is 1. The Hall–Kier alpha value is -0.920. The summed E-state index contributed by atoms with van der Waals surface area (Å²) in [7, 11) is -3.63. The van der Waals surface area contributed by atoms with E-state index in [1.807, 2.05) is 6.92 Å². The molecule has 0 aliphatic rings. The molecule has 0 radical (unpaired) electrons. The summed E-state index contributed by atoms with van der Waals surface area (Å²) in [6.07, 6.45) is 0. The molecule has 7 heteroatoms. The van der Waals surface area contributed by atoms with Gasteiger partial charge in [0.05, 0.1) is 6.61 Å². The quantitative estimate of drug-likeness (QED) is 0.823. The standard InChI is InChI=1S/C10H15NO4S2/c1-4-15-10(12)8(3)11-17(13,14)9-6-5-7(2)16-9/h5-6,8,11H,4H2,1-3H3. The molecule has 0 bridgehead atoms. The normalized spacial score (nSPS) is 13.4. The Morgan fingerprint density at radius 2 is 2.18 bits per heavy atom. The van der Waals surface area contributed by atoms with E-state index >= 15 is 0 Å². The predicted molar refractivity (Wildman–Crippen MR) is 65.5 cm³/mol. The van der Waals surface area contributed by atoms with Crippen LogP contribution in [0, 0.1) is 6.92 Å². The van der Waals surface area contributed by atoms with Crippen LogP contribution in [0.25, 0.3) is 0 Å². The van der Waals surface area contributed by atoms with E-state index in [1.54, 1.807) is 13.0 Å². The van der Waals surface area contributed by atoms with Crippen molar-refractivity contribution in [1.82, 2.24) is 4.72 Å². The molecular weight excluding hydrogens is 262 g/mol. The molecule has 1 N–H and O–H groups in total. The van der Waals surface area contributed by atoms with E-state index in [0.717, 1.165) is 16.2 Å². The highest BCUT2D eigenvalue weighted by Crippen LogP contribution is 2.20. The summed E-state index contributed by atoms with van der Waals surface area (Å²) in [6.45, 7) is 5.17. The molecule has 0 spiro atoms. The van der Waals surface area contributed by atoms with Crippen molar-refractivity contribution in [3.05, 3.63) is 17.0 Å². The predicted octanol–water partition coefficient (Wildman–Crippen LogP) is 1.29. The number of rotatable bonds is 5. The van der Waals surface area contributed by atoms with Gasteiger partial charge in [0, 0.05) is 4.88 Å². The lowest BCUT2D eigenvalue weighted by Crippen LogP contribution is -2.39. The Balaban J connectivity index is 2.77. The lowest BCUT2D eigenvalue weighted by Gasteiger charge is -2.11. The SMILES string of the molecule is CCOC(=O)C(C)NS(=O)(=O)c1ccc(C)s1. The first kappa shape index (κ1) is 14.1. The van der Waals surface area contributed by atoms with Crippen LogP contribution in [0.15, 0.2) is 16.3 Å². The second-order valence-electron chi connectivity index (χ2n) is 3.46. The van der Waals surface area contributed by atoms with Gasteiger partial charge in [0.25, 0.3) is 10.0 Å². The van der Waals surface area contributed by atoms with E-state index in [1.165, 1.54) is 13.0 Å². The molecule has 0 fully saturated rings. The van der Waals surface area contributed by atoms with Crippen molar-refractivity contribution in [2.24, 2.45) is 0 Å². The Bertz CT molecular complexity index is 492. The topological polar surface area (TPSA) is 72.5 Å². The van der Waals surface area contributed by atoms with Crippen LogP contribution in [-0.4, -0.2) is 27.0 Å². The van der Waals surface area contributed by atoms with Crippen LogP contribution in [0.2, 0.25) is 0 Å². The number of carbonyl (C=O) groups excluding carboxylic acids is 1. The van der Waals surface area contributed by atoms with Crippen LogP contribution < -0.4 is 4.72 Å². The highest BCUT2D eigenvalue weighted by atomic mass is 32.2. The lowest BCUT2D eigenvalue weighted by atomic mass is 10.4. The van der Waals surface area contributed by atoms with Gasteiger partial charge in [0.15, 0.2) is 0 Å². The van der Waals surface area contributed by atoms with Gasteiger partial charge in [-0.1, -0.05) is 0 Å². The Labute approximate surface area is 105 Å². The molecule has 1 aromatic heterocycles. The average Bonchev–Trinajstić information content (AvgIpc) is 2.65. The van der Waals surface area contributed by atoms with Crippen LogP contribution in [0.1, 0.15) is 18.7 Å². The molecule has 1 rings (SSSR count). The smallest absolute Gasteiger partial charge is 0.323 e. The largest absolute Gasteiger partial charge is 0.465 e. The van der Waals surface area contributed by atoms with E-state index in [2.05, 4.69) is 4.72 Å². The van der Waals surface area contributed by atoms with Crippen molar-refractivity contribution in [3.63, 3.8) is 0 Å². The van der Waals surface area contributed by atoms with Crippen LogP contribution in [0.4, 0.5) is 0 Å². The Morgan fingerprint density at radius 1 is 1.53 bits per heavy atom. The third-order valence-electron chi connectivity index (χ3n) is 1.95. The number of aryl methyl sites for hydroxylation is 1. The monoisotopic (exact) mass is 277 g/mol. The van der Waals surface area contributed by atoms with E-state index in [9.17, 15) is 13.2 Å². The van der Waals surface area contributed by atoms with Crippen molar-refractivity contribution >= 4 is 27.3 Å². The fourth-order valence-corrected chi connectivity index (χ4v) is 3.65. The van der Waals surface area contributed by atoms with Gasteiger partial charge >= 0.3 is 5.97 Å². The van der Waals surface area contributed by atoms with Crippen molar-refractivity contribution in [2.75, 3.05) is 6.61 Å². The second kappa shape index (κ2) is 5.61. The molecular formula is C10H15NO4S2. The molecule has 0 aliphatic heterocycles. The van der Waals surface area contributed by atoms with Crippen molar-refractivity contribution < 1.29 is 17.9 Å². The number of hydrogen-bond acceptors (Lipinski definition) is 5. The minimum Gasteiger partial charge on any atom is -0.465 e. The van der Waals surface area contributed by atoms with Gasteiger partial charge in [-0.15, -0.1) is 11.3 Å². The zero-order valence-electron chi connectivity index (χ0n) is 9.89. The maximum absolute atomic E-state index is 11.9. The minimum atomic E-state index is -3.63. The fraction of sp³-hybridized carbons (Fsp3) is 0.500. The Morgan fingerprint density at radius 3 is 2.65 bits per heavy atom.